The van der Waals surface area contributed by atoms with Crippen LogP contribution in [0.25, 0.3) is 0 Å². The minimum atomic E-state index is -0.0457. The van der Waals surface area contributed by atoms with Crippen LogP contribution in [0, 0.1) is 5.92 Å². The summed E-state index contributed by atoms with van der Waals surface area (Å²) in [6.07, 6.45) is 2.43. The summed E-state index contributed by atoms with van der Waals surface area (Å²) >= 11 is 0. The quantitative estimate of drug-likeness (QED) is 0.880. The standard InChI is InChI=1S/C15H24N4O/c1-9(2)19-7-10(3)14(8-19)16-15(20)13-6-12(17-18-13)11-4-5-11/h6,9-11,14H,4-5,7-8H2,1-3H3,(H,16,20)(H,17,18)/t10-,14-/m1/s1. The molecule has 1 aliphatic heterocycles. The van der Waals surface area contributed by atoms with E-state index in [0.29, 0.717) is 23.6 Å². The van der Waals surface area contributed by atoms with Crippen LogP contribution < -0.4 is 5.32 Å². The van der Waals surface area contributed by atoms with Gasteiger partial charge in [0.25, 0.3) is 5.91 Å². The van der Waals surface area contributed by atoms with E-state index < -0.39 is 0 Å². The molecule has 0 unspecified atom stereocenters. The highest BCUT2D eigenvalue weighted by Gasteiger charge is 2.33. The van der Waals surface area contributed by atoms with Crippen molar-refractivity contribution in [2.45, 2.75) is 51.6 Å². The predicted molar refractivity (Wildman–Crippen MR) is 77.7 cm³/mol. The number of hydrogen-bond donors (Lipinski definition) is 2. The van der Waals surface area contributed by atoms with Crippen molar-refractivity contribution in [3.05, 3.63) is 17.5 Å². The van der Waals surface area contributed by atoms with Gasteiger partial charge in [0.2, 0.25) is 0 Å². The Hall–Kier alpha value is -1.36. The van der Waals surface area contributed by atoms with Crippen LogP contribution in [0.2, 0.25) is 0 Å². The zero-order valence-corrected chi connectivity index (χ0v) is 12.5. The fourth-order valence-electron chi connectivity index (χ4n) is 2.91. The lowest BCUT2D eigenvalue weighted by atomic mass is 10.1. The number of aromatic amines is 1. The van der Waals surface area contributed by atoms with E-state index in [1.54, 1.807) is 0 Å². The Bertz CT molecular complexity index is 492. The third-order valence-electron chi connectivity index (χ3n) is 4.53. The van der Waals surface area contributed by atoms with Crippen LogP contribution in [-0.4, -0.2) is 46.2 Å². The summed E-state index contributed by atoms with van der Waals surface area (Å²) in [5.41, 5.74) is 1.64. The van der Waals surface area contributed by atoms with Crippen LogP contribution in [0.3, 0.4) is 0 Å². The molecule has 3 rings (SSSR count). The lowest BCUT2D eigenvalue weighted by Gasteiger charge is -2.20. The fraction of sp³-hybridized carbons (Fsp3) is 0.733. The number of aromatic nitrogens is 2. The third-order valence-corrected chi connectivity index (χ3v) is 4.53. The smallest absolute Gasteiger partial charge is 0.272 e. The molecule has 0 bridgehead atoms. The van der Waals surface area contributed by atoms with Crippen LogP contribution in [0.5, 0.6) is 0 Å². The van der Waals surface area contributed by atoms with E-state index in [1.807, 2.05) is 6.07 Å². The van der Waals surface area contributed by atoms with Crippen LogP contribution in [0.15, 0.2) is 6.07 Å². The van der Waals surface area contributed by atoms with E-state index in [0.717, 1.165) is 18.8 Å². The number of carbonyl (C=O) groups is 1. The summed E-state index contributed by atoms with van der Waals surface area (Å²) in [6.45, 7) is 8.59. The SMILES string of the molecule is CC(C)N1C[C@@H](C)[C@H](NC(=O)c2cc(C3CC3)[nH]n2)C1. The maximum atomic E-state index is 12.3. The Balaban J connectivity index is 1.60. The summed E-state index contributed by atoms with van der Waals surface area (Å²) < 4.78 is 0. The van der Waals surface area contributed by atoms with Crippen LogP contribution in [0.4, 0.5) is 0 Å². The molecule has 1 amide bonds. The number of nitrogens with zero attached hydrogens (tertiary/aromatic N) is 2. The Morgan fingerprint density at radius 3 is 2.80 bits per heavy atom. The first-order valence-electron chi connectivity index (χ1n) is 7.65. The first-order chi connectivity index (χ1) is 9.54. The van der Waals surface area contributed by atoms with E-state index in [2.05, 4.69) is 41.2 Å². The van der Waals surface area contributed by atoms with E-state index >= 15 is 0 Å². The monoisotopic (exact) mass is 276 g/mol. The summed E-state index contributed by atoms with van der Waals surface area (Å²) in [6, 6.07) is 2.67. The molecule has 20 heavy (non-hydrogen) atoms. The summed E-state index contributed by atoms with van der Waals surface area (Å²) in [7, 11) is 0. The highest BCUT2D eigenvalue weighted by atomic mass is 16.2. The zero-order chi connectivity index (χ0) is 14.3. The number of amides is 1. The number of hydrogen-bond acceptors (Lipinski definition) is 3. The number of carbonyl (C=O) groups excluding carboxylic acids is 1. The molecule has 1 saturated carbocycles. The second-order valence-electron chi connectivity index (χ2n) is 6.59. The van der Waals surface area contributed by atoms with Gasteiger partial charge in [0, 0.05) is 36.8 Å². The van der Waals surface area contributed by atoms with Crippen molar-refractivity contribution in [1.29, 1.82) is 0 Å². The first-order valence-corrected chi connectivity index (χ1v) is 7.65. The van der Waals surface area contributed by atoms with Crippen molar-refractivity contribution in [3.63, 3.8) is 0 Å². The Kier molecular flexibility index (Phi) is 3.54. The molecule has 1 aromatic rings. The Morgan fingerprint density at radius 2 is 2.20 bits per heavy atom. The van der Waals surface area contributed by atoms with Crippen molar-refractivity contribution < 1.29 is 4.79 Å². The van der Waals surface area contributed by atoms with Crippen molar-refractivity contribution in [2.24, 2.45) is 5.92 Å². The van der Waals surface area contributed by atoms with Gasteiger partial charge < -0.3 is 5.32 Å². The van der Waals surface area contributed by atoms with Gasteiger partial charge in [-0.25, -0.2) is 0 Å². The molecule has 110 valence electrons. The van der Waals surface area contributed by atoms with Gasteiger partial charge in [-0.05, 0) is 38.7 Å². The Morgan fingerprint density at radius 1 is 1.45 bits per heavy atom. The van der Waals surface area contributed by atoms with E-state index in [1.165, 1.54) is 12.8 Å². The summed E-state index contributed by atoms with van der Waals surface area (Å²) in [5, 5.41) is 10.3. The molecule has 2 atom stereocenters. The average Bonchev–Trinajstić information content (AvgIpc) is 3.01. The van der Waals surface area contributed by atoms with Crippen molar-refractivity contribution in [3.8, 4) is 0 Å². The van der Waals surface area contributed by atoms with Gasteiger partial charge in [-0.3, -0.25) is 14.8 Å². The molecule has 5 heteroatoms. The maximum absolute atomic E-state index is 12.3. The Labute approximate surface area is 120 Å². The van der Waals surface area contributed by atoms with Gasteiger partial charge in [-0.2, -0.15) is 5.10 Å². The zero-order valence-electron chi connectivity index (χ0n) is 12.5. The topological polar surface area (TPSA) is 61.0 Å². The van der Waals surface area contributed by atoms with E-state index in [9.17, 15) is 4.79 Å². The summed E-state index contributed by atoms with van der Waals surface area (Å²) in [4.78, 5) is 14.7. The van der Waals surface area contributed by atoms with Crippen LogP contribution >= 0.6 is 0 Å². The molecule has 2 heterocycles. The second-order valence-corrected chi connectivity index (χ2v) is 6.59. The normalized spacial score (nSPS) is 27.2. The summed E-state index contributed by atoms with van der Waals surface area (Å²) in [5.74, 6) is 1.05. The lowest BCUT2D eigenvalue weighted by Crippen LogP contribution is -2.40. The number of likely N-dealkylation sites (tertiary alicyclic amines) is 1. The molecule has 2 aliphatic rings. The van der Waals surface area contributed by atoms with Crippen molar-refractivity contribution in [2.75, 3.05) is 13.1 Å². The average molecular weight is 276 g/mol. The molecule has 2 N–H and O–H groups in total. The lowest BCUT2D eigenvalue weighted by molar-refractivity contribution is 0.0925. The van der Waals surface area contributed by atoms with Crippen LogP contribution in [0.1, 0.15) is 55.7 Å². The highest BCUT2D eigenvalue weighted by molar-refractivity contribution is 5.92. The van der Waals surface area contributed by atoms with Gasteiger partial charge in [0.15, 0.2) is 0 Å². The van der Waals surface area contributed by atoms with Gasteiger partial charge in [0.05, 0.1) is 0 Å². The largest absolute Gasteiger partial charge is 0.346 e. The predicted octanol–water partition coefficient (Wildman–Crippen LogP) is 1.75. The fourth-order valence-corrected chi connectivity index (χ4v) is 2.91. The number of H-pyrrole nitrogens is 1. The molecule has 1 saturated heterocycles. The minimum Gasteiger partial charge on any atom is -0.346 e. The molecule has 0 spiro atoms. The van der Waals surface area contributed by atoms with Crippen molar-refractivity contribution >= 4 is 5.91 Å². The van der Waals surface area contributed by atoms with Gasteiger partial charge in [0.1, 0.15) is 5.69 Å². The first kappa shape index (κ1) is 13.6. The van der Waals surface area contributed by atoms with Gasteiger partial charge in [-0.15, -0.1) is 0 Å². The molecule has 0 aromatic carbocycles. The van der Waals surface area contributed by atoms with Crippen LogP contribution in [-0.2, 0) is 0 Å². The number of nitrogens with one attached hydrogen (secondary N) is 2. The maximum Gasteiger partial charge on any atom is 0.272 e. The molecule has 2 fully saturated rings. The molecule has 1 aromatic heterocycles. The molecule has 5 nitrogen and oxygen atoms in total. The second kappa shape index (κ2) is 5.20. The van der Waals surface area contributed by atoms with E-state index in [4.69, 9.17) is 0 Å². The molecular weight excluding hydrogens is 252 g/mol. The van der Waals surface area contributed by atoms with Gasteiger partial charge in [-0.1, -0.05) is 6.92 Å². The minimum absolute atomic E-state index is 0.0457. The third kappa shape index (κ3) is 2.73. The number of rotatable bonds is 4. The van der Waals surface area contributed by atoms with Crippen molar-refractivity contribution in [1.82, 2.24) is 20.4 Å². The molecule has 0 radical (unpaired) electrons. The van der Waals surface area contributed by atoms with Gasteiger partial charge >= 0.3 is 0 Å². The van der Waals surface area contributed by atoms with E-state index in [-0.39, 0.29) is 11.9 Å². The highest BCUT2D eigenvalue weighted by Crippen LogP contribution is 2.39. The molecular formula is C15H24N4O. The molecule has 1 aliphatic carbocycles.